The van der Waals surface area contributed by atoms with Crippen LogP contribution in [0.1, 0.15) is 34.6 Å². The van der Waals surface area contributed by atoms with Gasteiger partial charge in [0.15, 0.2) is 5.96 Å². The van der Waals surface area contributed by atoms with Gasteiger partial charge < -0.3 is 25.0 Å². The second-order valence-electron chi connectivity index (χ2n) is 9.65. The first-order valence-electron chi connectivity index (χ1n) is 11.7. The van der Waals surface area contributed by atoms with Crippen LogP contribution in [0.5, 0.6) is 0 Å². The van der Waals surface area contributed by atoms with Gasteiger partial charge >= 0.3 is 6.09 Å². The predicted octanol–water partition coefficient (Wildman–Crippen LogP) is 1.68. The van der Waals surface area contributed by atoms with Gasteiger partial charge in [0.05, 0.1) is 13.2 Å². The summed E-state index contributed by atoms with van der Waals surface area (Å²) in [7, 11) is 1.81. The van der Waals surface area contributed by atoms with E-state index in [2.05, 4.69) is 39.3 Å². The molecule has 0 aromatic heterocycles. The van der Waals surface area contributed by atoms with Gasteiger partial charge in [-0.2, -0.15) is 0 Å². The van der Waals surface area contributed by atoms with Crippen molar-refractivity contribution in [3.63, 3.8) is 0 Å². The quantitative estimate of drug-likeness (QED) is 0.275. The van der Waals surface area contributed by atoms with Gasteiger partial charge in [0.1, 0.15) is 5.60 Å². The minimum atomic E-state index is -0.447. The third-order valence-electron chi connectivity index (χ3n) is 5.73. The van der Waals surface area contributed by atoms with Crippen molar-refractivity contribution in [1.29, 1.82) is 0 Å². The van der Waals surface area contributed by atoms with E-state index in [0.29, 0.717) is 25.0 Å². The molecule has 2 rings (SSSR count). The summed E-state index contributed by atoms with van der Waals surface area (Å²) in [4.78, 5) is 23.2. The molecule has 0 saturated carbocycles. The monoisotopic (exact) mass is 568 g/mol. The first-order valence-corrected chi connectivity index (χ1v) is 11.7. The zero-order valence-electron chi connectivity index (χ0n) is 20.9. The van der Waals surface area contributed by atoms with Crippen molar-refractivity contribution in [2.75, 3.05) is 79.2 Å². The molecule has 1 amide bonds. The molecule has 0 spiro atoms. The number of morpholine rings is 1. The molecule has 2 aliphatic heterocycles. The summed E-state index contributed by atoms with van der Waals surface area (Å²) < 4.78 is 11.0. The van der Waals surface area contributed by atoms with E-state index < -0.39 is 5.60 Å². The van der Waals surface area contributed by atoms with Gasteiger partial charge in [-0.1, -0.05) is 13.8 Å². The smallest absolute Gasteiger partial charge is 0.410 e. The topological polar surface area (TPSA) is 81.7 Å². The highest BCUT2D eigenvalue weighted by molar-refractivity contribution is 14.0. The molecule has 10 heteroatoms. The van der Waals surface area contributed by atoms with Gasteiger partial charge in [0, 0.05) is 72.0 Å². The highest BCUT2D eigenvalue weighted by atomic mass is 127. The number of guanidine groups is 1. The lowest BCUT2D eigenvalue weighted by Gasteiger charge is -2.37. The fraction of sp³-hybridized carbons (Fsp3) is 0.909. The summed E-state index contributed by atoms with van der Waals surface area (Å²) in [6, 6.07) is 0.461. The Morgan fingerprint density at radius 2 is 1.69 bits per heavy atom. The molecule has 0 aromatic rings. The Hall–Kier alpha value is -0.850. The summed E-state index contributed by atoms with van der Waals surface area (Å²) in [5.74, 6) is 1.40. The normalized spacial score (nSPS) is 20.0. The Labute approximate surface area is 211 Å². The van der Waals surface area contributed by atoms with E-state index in [1.165, 1.54) is 0 Å². The molecule has 2 heterocycles. The molecule has 0 radical (unpaired) electrons. The van der Waals surface area contributed by atoms with E-state index in [1.807, 2.05) is 27.8 Å². The number of hydrogen-bond acceptors (Lipinski definition) is 6. The highest BCUT2D eigenvalue weighted by Gasteiger charge is 2.26. The molecule has 2 aliphatic rings. The average molecular weight is 569 g/mol. The van der Waals surface area contributed by atoms with Crippen molar-refractivity contribution >= 4 is 36.0 Å². The van der Waals surface area contributed by atoms with Gasteiger partial charge in [-0.15, -0.1) is 24.0 Å². The van der Waals surface area contributed by atoms with Crippen molar-refractivity contribution in [3.8, 4) is 0 Å². The predicted molar refractivity (Wildman–Crippen MR) is 140 cm³/mol. The zero-order valence-corrected chi connectivity index (χ0v) is 23.2. The first kappa shape index (κ1) is 29.2. The average Bonchev–Trinajstić information content (AvgIpc) is 2.72. The first-order chi connectivity index (χ1) is 14.7. The number of ether oxygens (including phenoxy) is 2. The van der Waals surface area contributed by atoms with Crippen molar-refractivity contribution in [2.24, 2.45) is 10.9 Å². The summed E-state index contributed by atoms with van der Waals surface area (Å²) >= 11 is 0. The van der Waals surface area contributed by atoms with E-state index in [0.717, 1.165) is 65.0 Å². The van der Waals surface area contributed by atoms with E-state index in [9.17, 15) is 4.79 Å². The van der Waals surface area contributed by atoms with Crippen LogP contribution >= 0.6 is 24.0 Å². The Bertz CT molecular complexity index is 571. The van der Waals surface area contributed by atoms with Gasteiger partial charge in [-0.05, 0) is 26.7 Å². The molecule has 32 heavy (non-hydrogen) atoms. The lowest BCUT2D eigenvalue weighted by atomic mass is 10.0. The Kier molecular flexibility index (Phi) is 13.2. The maximum Gasteiger partial charge on any atom is 0.410 e. The van der Waals surface area contributed by atoms with Crippen LogP contribution in [0.3, 0.4) is 0 Å². The largest absolute Gasteiger partial charge is 0.444 e. The third-order valence-corrected chi connectivity index (χ3v) is 5.73. The maximum atomic E-state index is 12.2. The standard InChI is InChI=1S/C22H44N6O3.HI/c1-18(2)19(27-13-15-30-16-14-27)17-25-20(23-6)24-7-8-26-9-11-28(12-10-26)21(29)31-22(3,4)5;/h18-19H,7-17H2,1-6H3,(H2,23,24,25);1H. The maximum absolute atomic E-state index is 12.2. The molecule has 2 saturated heterocycles. The minimum Gasteiger partial charge on any atom is -0.444 e. The molecule has 2 N–H and O–H groups in total. The van der Waals surface area contributed by atoms with Crippen LogP contribution in [0.25, 0.3) is 0 Å². The third kappa shape index (κ3) is 10.4. The number of halogens is 1. The van der Waals surface area contributed by atoms with Gasteiger partial charge in [0.25, 0.3) is 0 Å². The minimum absolute atomic E-state index is 0. The lowest BCUT2D eigenvalue weighted by molar-refractivity contribution is 0.00752. The summed E-state index contributed by atoms with van der Waals surface area (Å²) in [6.07, 6.45) is -0.213. The molecule has 2 fully saturated rings. The second-order valence-corrected chi connectivity index (χ2v) is 9.65. The fourth-order valence-corrected chi connectivity index (χ4v) is 3.93. The van der Waals surface area contributed by atoms with Crippen LogP contribution in [0, 0.1) is 5.92 Å². The van der Waals surface area contributed by atoms with Crippen molar-refractivity contribution < 1.29 is 14.3 Å². The Morgan fingerprint density at radius 3 is 2.22 bits per heavy atom. The molecule has 0 bridgehead atoms. The van der Waals surface area contributed by atoms with E-state index >= 15 is 0 Å². The molecule has 0 aromatic carbocycles. The lowest BCUT2D eigenvalue weighted by Crippen LogP contribution is -2.53. The number of nitrogens with zero attached hydrogens (tertiary/aromatic N) is 4. The second kappa shape index (κ2) is 14.4. The Balaban J connectivity index is 0.00000512. The number of amides is 1. The van der Waals surface area contributed by atoms with Crippen LogP contribution in [-0.4, -0.2) is 118 Å². The summed E-state index contributed by atoms with van der Waals surface area (Å²) in [5.41, 5.74) is -0.447. The number of nitrogens with one attached hydrogen (secondary N) is 2. The Morgan fingerprint density at radius 1 is 1.06 bits per heavy atom. The zero-order chi connectivity index (χ0) is 22.9. The van der Waals surface area contributed by atoms with Crippen LogP contribution < -0.4 is 10.6 Å². The van der Waals surface area contributed by atoms with Gasteiger partial charge in [0.2, 0.25) is 0 Å². The van der Waals surface area contributed by atoms with Crippen molar-refractivity contribution in [2.45, 2.75) is 46.3 Å². The number of hydrogen-bond donors (Lipinski definition) is 2. The molecule has 1 atom stereocenters. The molecule has 9 nitrogen and oxygen atoms in total. The number of aliphatic imine (C=N–C) groups is 1. The number of carbonyl (C=O) groups excluding carboxylic acids is 1. The van der Waals surface area contributed by atoms with Crippen LogP contribution in [0.15, 0.2) is 4.99 Å². The van der Waals surface area contributed by atoms with Gasteiger partial charge in [-0.25, -0.2) is 4.79 Å². The molecule has 188 valence electrons. The van der Waals surface area contributed by atoms with E-state index in [-0.39, 0.29) is 30.1 Å². The summed E-state index contributed by atoms with van der Waals surface area (Å²) in [5, 5.41) is 6.93. The van der Waals surface area contributed by atoms with Gasteiger partial charge in [-0.3, -0.25) is 14.8 Å². The SMILES string of the molecule is CN=C(NCCN1CCN(C(=O)OC(C)(C)C)CC1)NCC(C(C)C)N1CCOCC1.I. The molecule has 1 unspecified atom stereocenters. The van der Waals surface area contributed by atoms with Crippen LogP contribution in [0.2, 0.25) is 0 Å². The number of rotatable bonds is 7. The molecular formula is C22H45IN6O3. The summed E-state index contributed by atoms with van der Waals surface area (Å²) in [6.45, 7) is 19.6. The van der Waals surface area contributed by atoms with E-state index in [4.69, 9.17) is 9.47 Å². The molecular weight excluding hydrogens is 523 g/mol. The highest BCUT2D eigenvalue weighted by Crippen LogP contribution is 2.13. The van der Waals surface area contributed by atoms with Crippen molar-refractivity contribution in [1.82, 2.24) is 25.3 Å². The number of carbonyl (C=O) groups is 1. The van der Waals surface area contributed by atoms with Crippen LogP contribution in [0.4, 0.5) is 4.79 Å². The fourth-order valence-electron chi connectivity index (χ4n) is 3.93. The molecule has 0 aliphatic carbocycles. The van der Waals surface area contributed by atoms with Crippen LogP contribution in [-0.2, 0) is 9.47 Å². The van der Waals surface area contributed by atoms with Crippen molar-refractivity contribution in [3.05, 3.63) is 0 Å². The number of piperazine rings is 1. The van der Waals surface area contributed by atoms with E-state index in [1.54, 1.807) is 4.90 Å².